The zero-order chi connectivity index (χ0) is 7.07. The Labute approximate surface area is 78.3 Å². The standard InChI is InChI=1S/C6H10Cl2P.ClH/c1-5-3-9(7,8)4-6(5)2;/h3,6H,4H2,1-2H3;1H/q+1;/p-1. The molecule has 1 aliphatic rings. The van der Waals surface area contributed by atoms with E-state index in [9.17, 15) is 0 Å². The molecule has 60 valence electrons. The van der Waals surface area contributed by atoms with Crippen molar-refractivity contribution in [1.29, 1.82) is 0 Å². The first kappa shape index (κ1) is 11.0. The Kier molecular flexibility index (Phi) is 4.00. The maximum absolute atomic E-state index is 5.96. The van der Waals surface area contributed by atoms with Gasteiger partial charge in [-0.25, -0.2) is 0 Å². The summed E-state index contributed by atoms with van der Waals surface area (Å²) in [6.07, 6.45) is 0.974. The molecule has 0 bridgehead atoms. The summed E-state index contributed by atoms with van der Waals surface area (Å²) in [6, 6.07) is 0. The van der Waals surface area contributed by atoms with Gasteiger partial charge in [-0.3, -0.25) is 0 Å². The molecule has 0 fully saturated rings. The SMILES string of the molecule is CC1=C[P+](Cl)(Cl)CC1C.[Cl-]. The molecule has 0 aromatic heterocycles. The third-order valence-corrected chi connectivity index (χ3v) is 4.92. The molecule has 0 aliphatic carbocycles. The van der Waals surface area contributed by atoms with E-state index in [1.165, 1.54) is 5.57 Å². The lowest BCUT2D eigenvalue weighted by atomic mass is 10.1. The fourth-order valence-electron chi connectivity index (χ4n) is 0.987. The van der Waals surface area contributed by atoms with E-state index in [4.69, 9.17) is 22.5 Å². The third kappa shape index (κ3) is 2.58. The Morgan fingerprint density at radius 3 is 2.20 bits per heavy atom. The van der Waals surface area contributed by atoms with E-state index in [1.807, 2.05) is 5.82 Å². The van der Waals surface area contributed by atoms with Crippen LogP contribution >= 0.6 is 28.4 Å². The first-order valence-corrected chi connectivity index (χ1v) is 6.83. The topological polar surface area (TPSA) is 0 Å². The van der Waals surface area contributed by atoms with Crippen molar-refractivity contribution < 1.29 is 12.4 Å². The van der Waals surface area contributed by atoms with Crippen molar-refractivity contribution in [2.45, 2.75) is 13.8 Å². The summed E-state index contributed by atoms with van der Waals surface area (Å²) < 4.78 is 0. The van der Waals surface area contributed by atoms with Crippen LogP contribution in [0.5, 0.6) is 0 Å². The Morgan fingerprint density at radius 2 is 2.10 bits per heavy atom. The van der Waals surface area contributed by atoms with Gasteiger partial charge in [-0.05, 0) is 12.5 Å². The Hall–Kier alpha value is 1.04. The summed E-state index contributed by atoms with van der Waals surface area (Å²) in [5.41, 5.74) is 1.35. The normalized spacial score (nSPS) is 29.2. The molecule has 1 rings (SSSR count). The monoisotopic (exact) mass is 218 g/mol. The van der Waals surface area contributed by atoms with E-state index in [-0.39, 0.29) is 12.4 Å². The van der Waals surface area contributed by atoms with Crippen LogP contribution < -0.4 is 12.4 Å². The average Bonchev–Trinajstić information content (AvgIpc) is 1.79. The molecule has 10 heavy (non-hydrogen) atoms. The minimum absolute atomic E-state index is 0. The molecule has 0 aromatic carbocycles. The number of hydrogen-bond acceptors (Lipinski definition) is 0. The van der Waals surface area contributed by atoms with Crippen LogP contribution in [-0.4, -0.2) is 6.16 Å². The largest absolute Gasteiger partial charge is 1.00 e. The van der Waals surface area contributed by atoms with Crippen molar-refractivity contribution >= 4 is 28.4 Å². The van der Waals surface area contributed by atoms with Crippen LogP contribution in [-0.2, 0) is 0 Å². The quantitative estimate of drug-likeness (QED) is 0.531. The lowest BCUT2D eigenvalue weighted by Crippen LogP contribution is -3.00. The molecular weight excluding hydrogens is 209 g/mol. The van der Waals surface area contributed by atoms with Gasteiger partial charge in [0.1, 0.15) is 28.6 Å². The summed E-state index contributed by atoms with van der Waals surface area (Å²) in [4.78, 5) is 0. The van der Waals surface area contributed by atoms with Crippen molar-refractivity contribution in [3.63, 3.8) is 0 Å². The van der Waals surface area contributed by atoms with Crippen LogP contribution in [0.15, 0.2) is 11.4 Å². The number of hydrogen-bond donors (Lipinski definition) is 0. The van der Waals surface area contributed by atoms with Crippen molar-refractivity contribution in [1.82, 2.24) is 0 Å². The smallest absolute Gasteiger partial charge is 0.236 e. The van der Waals surface area contributed by atoms with E-state index < -0.39 is 5.97 Å². The van der Waals surface area contributed by atoms with Gasteiger partial charge in [-0.15, -0.1) is 0 Å². The molecule has 1 heterocycles. The van der Waals surface area contributed by atoms with Gasteiger partial charge < -0.3 is 12.4 Å². The Balaban J connectivity index is 0.000000810. The summed E-state index contributed by atoms with van der Waals surface area (Å²) in [5.74, 6) is 1.02. The molecule has 0 spiro atoms. The van der Waals surface area contributed by atoms with Crippen molar-refractivity contribution in [3.8, 4) is 0 Å². The molecule has 0 saturated heterocycles. The first-order valence-electron chi connectivity index (χ1n) is 2.98. The molecule has 0 N–H and O–H groups in total. The van der Waals surface area contributed by atoms with E-state index in [1.54, 1.807) is 0 Å². The van der Waals surface area contributed by atoms with Gasteiger partial charge in [0, 0.05) is 5.92 Å². The fraction of sp³-hybridized carbons (Fsp3) is 0.667. The molecule has 4 heteroatoms. The highest BCUT2D eigenvalue weighted by molar-refractivity contribution is 8.19. The second-order valence-corrected chi connectivity index (χ2v) is 8.76. The lowest BCUT2D eigenvalue weighted by molar-refractivity contribution is -0.00000185. The van der Waals surface area contributed by atoms with E-state index in [2.05, 4.69) is 13.8 Å². The Morgan fingerprint density at radius 1 is 1.60 bits per heavy atom. The summed E-state index contributed by atoms with van der Waals surface area (Å²) in [7, 11) is 0. The predicted molar refractivity (Wildman–Crippen MR) is 46.4 cm³/mol. The predicted octanol–water partition coefficient (Wildman–Crippen LogP) is 0.869. The minimum atomic E-state index is -1.62. The van der Waals surface area contributed by atoms with Gasteiger partial charge >= 0.3 is 0 Å². The maximum atomic E-state index is 5.96. The van der Waals surface area contributed by atoms with Crippen molar-refractivity contribution in [2.24, 2.45) is 5.92 Å². The third-order valence-electron chi connectivity index (χ3n) is 1.69. The minimum Gasteiger partial charge on any atom is -1.00 e. The van der Waals surface area contributed by atoms with Crippen LogP contribution in [0.3, 0.4) is 0 Å². The molecule has 0 saturated carbocycles. The molecule has 1 atom stereocenters. The zero-order valence-corrected chi connectivity index (χ0v) is 9.11. The van der Waals surface area contributed by atoms with Crippen LogP contribution in [0.25, 0.3) is 0 Å². The lowest BCUT2D eigenvalue weighted by Gasteiger charge is -1.99. The van der Waals surface area contributed by atoms with Crippen LogP contribution in [0.1, 0.15) is 13.8 Å². The Bertz CT molecular complexity index is 153. The molecule has 0 amide bonds. The molecule has 1 unspecified atom stereocenters. The van der Waals surface area contributed by atoms with E-state index >= 15 is 0 Å². The van der Waals surface area contributed by atoms with Crippen molar-refractivity contribution in [3.05, 3.63) is 11.4 Å². The van der Waals surface area contributed by atoms with Crippen LogP contribution in [0.2, 0.25) is 0 Å². The fourth-order valence-corrected chi connectivity index (χ4v) is 5.13. The highest BCUT2D eigenvalue weighted by atomic mass is 35.9. The highest BCUT2D eigenvalue weighted by Gasteiger charge is 2.41. The van der Waals surface area contributed by atoms with E-state index in [0.29, 0.717) is 5.92 Å². The van der Waals surface area contributed by atoms with Gasteiger partial charge in [0.15, 0.2) is 0 Å². The number of allylic oxidation sites excluding steroid dienone is 1. The molecule has 0 aromatic rings. The summed E-state index contributed by atoms with van der Waals surface area (Å²) in [5, 5.41) is 0. The molecule has 0 radical (unpaired) electrons. The van der Waals surface area contributed by atoms with Crippen LogP contribution in [0.4, 0.5) is 0 Å². The molecule has 0 nitrogen and oxygen atoms in total. The second-order valence-electron chi connectivity index (χ2n) is 2.64. The molecule has 1 aliphatic heterocycles. The van der Waals surface area contributed by atoms with Gasteiger partial charge in [-0.2, -0.15) is 0 Å². The van der Waals surface area contributed by atoms with Gasteiger partial charge in [0.05, 0.1) is 5.82 Å². The second kappa shape index (κ2) is 3.63. The summed E-state index contributed by atoms with van der Waals surface area (Å²) >= 11 is 11.9. The van der Waals surface area contributed by atoms with Gasteiger partial charge in [-0.1, -0.05) is 6.92 Å². The summed E-state index contributed by atoms with van der Waals surface area (Å²) in [6.45, 7) is 4.26. The van der Waals surface area contributed by atoms with Crippen LogP contribution in [0, 0.1) is 5.92 Å². The maximum Gasteiger partial charge on any atom is 0.236 e. The molecular formula is C6H10Cl3P. The zero-order valence-electron chi connectivity index (χ0n) is 5.94. The van der Waals surface area contributed by atoms with Gasteiger partial charge in [0.25, 0.3) is 0 Å². The average molecular weight is 219 g/mol. The van der Waals surface area contributed by atoms with Gasteiger partial charge in [0.2, 0.25) is 5.97 Å². The van der Waals surface area contributed by atoms with Crippen molar-refractivity contribution in [2.75, 3.05) is 6.16 Å². The number of rotatable bonds is 0. The highest BCUT2D eigenvalue weighted by Crippen LogP contribution is 2.75. The first-order chi connectivity index (χ1) is 4.01. The van der Waals surface area contributed by atoms with E-state index in [0.717, 1.165) is 6.16 Å². The number of halogens is 3.